The molecule has 0 amide bonds. The third-order valence-electron chi connectivity index (χ3n) is 4.26. The van der Waals surface area contributed by atoms with Crippen molar-refractivity contribution in [1.82, 2.24) is 9.78 Å². The number of allylic oxidation sites excluding steroid dienone is 1. The van der Waals surface area contributed by atoms with E-state index in [0.29, 0.717) is 23.8 Å². The zero-order valence-corrected chi connectivity index (χ0v) is 18.5. The molecule has 0 aliphatic carbocycles. The van der Waals surface area contributed by atoms with Gasteiger partial charge in [-0.3, -0.25) is 0 Å². The first-order valence-electron chi connectivity index (χ1n) is 9.00. The summed E-state index contributed by atoms with van der Waals surface area (Å²) in [5, 5.41) is 23.9. The Bertz CT molecular complexity index is 1190. The Morgan fingerprint density at radius 2 is 2.00 bits per heavy atom. The second-order valence-corrected chi connectivity index (χ2v) is 7.27. The number of hydrogen-bond donors (Lipinski definition) is 1. The number of aromatic nitrogens is 2. The van der Waals surface area contributed by atoms with Crippen LogP contribution >= 0.6 is 22.6 Å². The lowest BCUT2D eigenvalue weighted by Gasteiger charge is -2.12. The molecule has 0 unspecified atom stereocenters. The number of methoxy groups -OCH3 is 1. The van der Waals surface area contributed by atoms with E-state index in [-0.39, 0.29) is 22.6 Å². The van der Waals surface area contributed by atoms with Gasteiger partial charge < -0.3 is 15.2 Å². The highest BCUT2D eigenvalue weighted by Crippen LogP contribution is 2.35. The molecule has 30 heavy (non-hydrogen) atoms. The first-order valence-corrected chi connectivity index (χ1v) is 10.1. The van der Waals surface area contributed by atoms with E-state index in [0.717, 1.165) is 9.13 Å². The minimum Gasteiger partial charge on any atom is -0.492 e. The monoisotopic (exact) mass is 511 g/mol. The van der Waals surface area contributed by atoms with Gasteiger partial charge in [0.1, 0.15) is 29.2 Å². The smallest absolute Gasteiger partial charge is 0.174 e. The average Bonchev–Trinajstić information content (AvgIpc) is 3.09. The summed E-state index contributed by atoms with van der Waals surface area (Å²) in [4.78, 5) is 0. The summed E-state index contributed by atoms with van der Waals surface area (Å²) in [6, 6.07) is 17.1. The number of nitrogens with two attached hydrogens (primary N) is 1. The van der Waals surface area contributed by atoms with E-state index in [1.54, 1.807) is 19.3 Å². The molecule has 0 atom stereocenters. The van der Waals surface area contributed by atoms with Gasteiger partial charge in [0.15, 0.2) is 11.5 Å². The minimum absolute atomic E-state index is 0.153. The van der Waals surface area contributed by atoms with Crippen molar-refractivity contribution in [3.8, 4) is 29.3 Å². The van der Waals surface area contributed by atoms with Crippen molar-refractivity contribution >= 4 is 40.1 Å². The number of rotatable bonds is 6. The van der Waals surface area contributed by atoms with Crippen molar-refractivity contribution in [3.05, 3.63) is 62.9 Å². The lowest BCUT2D eigenvalue weighted by Crippen LogP contribution is -2.02. The molecule has 0 spiro atoms. The molecule has 2 aromatic carbocycles. The molecule has 1 aromatic heterocycles. The maximum atomic E-state index is 9.80. The van der Waals surface area contributed by atoms with Gasteiger partial charge in [-0.1, -0.05) is 18.2 Å². The van der Waals surface area contributed by atoms with E-state index in [4.69, 9.17) is 15.2 Å². The lowest BCUT2D eigenvalue weighted by molar-refractivity contribution is 0.309. The Balaban J connectivity index is 2.15. The molecule has 0 bridgehead atoms. The number of hydrogen-bond acceptors (Lipinski definition) is 6. The van der Waals surface area contributed by atoms with Crippen LogP contribution < -0.4 is 15.2 Å². The highest BCUT2D eigenvalue weighted by atomic mass is 127. The van der Waals surface area contributed by atoms with Gasteiger partial charge >= 0.3 is 0 Å². The van der Waals surface area contributed by atoms with Crippen LogP contribution in [0.1, 0.15) is 23.7 Å². The molecule has 8 heteroatoms. The van der Waals surface area contributed by atoms with Crippen LogP contribution in [0.25, 0.3) is 17.3 Å². The fraction of sp³-hybridized carbons (Fsp3) is 0.136. The van der Waals surface area contributed by atoms with Crippen LogP contribution in [0.3, 0.4) is 0 Å². The Morgan fingerprint density at radius 1 is 1.27 bits per heavy atom. The van der Waals surface area contributed by atoms with E-state index in [1.807, 2.05) is 43.3 Å². The number of para-hydroxylation sites is 1. The average molecular weight is 511 g/mol. The van der Waals surface area contributed by atoms with Gasteiger partial charge in [-0.05, 0) is 65.4 Å². The minimum atomic E-state index is 0.153. The number of nitriles is 2. The first kappa shape index (κ1) is 21.2. The van der Waals surface area contributed by atoms with Crippen LogP contribution in [0.2, 0.25) is 0 Å². The summed E-state index contributed by atoms with van der Waals surface area (Å²) in [5.41, 5.74) is 8.18. The van der Waals surface area contributed by atoms with Crippen molar-refractivity contribution in [1.29, 1.82) is 10.5 Å². The maximum Gasteiger partial charge on any atom is 0.174 e. The third kappa shape index (κ3) is 4.09. The molecule has 150 valence electrons. The van der Waals surface area contributed by atoms with Gasteiger partial charge in [-0.15, -0.1) is 0 Å². The number of nitrogen functional groups attached to an aromatic ring is 1. The number of nitrogens with zero attached hydrogens (tertiary/aromatic N) is 4. The van der Waals surface area contributed by atoms with Crippen LogP contribution in [0, 0.1) is 26.2 Å². The predicted octanol–water partition coefficient (Wildman–Crippen LogP) is 4.40. The van der Waals surface area contributed by atoms with E-state index >= 15 is 0 Å². The normalized spacial score (nSPS) is 10.9. The first-order chi connectivity index (χ1) is 14.5. The van der Waals surface area contributed by atoms with Crippen molar-refractivity contribution in [2.75, 3.05) is 19.5 Å². The van der Waals surface area contributed by atoms with Gasteiger partial charge in [-0.2, -0.15) is 15.6 Å². The summed E-state index contributed by atoms with van der Waals surface area (Å²) in [7, 11) is 1.58. The number of anilines is 1. The topological polar surface area (TPSA) is 110 Å². The SMILES string of the molecule is CCOc1cc(C=C(C#N)c2nn(-c3ccccc3)c(N)c2C#N)cc(I)c1OC. The van der Waals surface area contributed by atoms with Crippen molar-refractivity contribution < 1.29 is 9.47 Å². The molecule has 0 saturated carbocycles. The van der Waals surface area contributed by atoms with Crippen molar-refractivity contribution in [2.45, 2.75) is 6.92 Å². The van der Waals surface area contributed by atoms with E-state index in [1.165, 1.54) is 4.68 Å². The maximum absolute atomic E-state index is 9.80. The molecule has 3 aromatic rings. The second kappa shape index (κ2) is 9.33. The van der Waals surface area contributed by atoms with Gasteiger partial charge in [-0.25, -0.2) is 4.68 Å². The van der Waals surface area contributed by atoms with E-state index in [9.17, 15) is 10.5 Å². The highest BCUT2D eigenvalue weighted by Gasteiger charge is 2.20. The molecular weight excluding hydrogens is 493 g/mol. The van der Waals surface area contributed by atoms with Crippen LogP contribution in [-0.2, 0) is 0 Å². The predicted molar refractivity (Wildman–Crippen MR) is 123 cm³/mol. The molecule has 0 aliphatic rings. The molecule has 0 saturated heterocycles. The molecule has 0 fully saturated rings. The Hall–Kier alpha value is -3.50. The summed E-state index contributed by atoms with van der Waals surface area (Å²) < 4.78 is 13.4. The molecule has 1 heterocycles. The number of halogens is 1. The Morgan fingerprint density at radius 3 is 2.60 bits per heavy atom. The Labute approximate surface area is 188 Å². The zero-order chi connectivity index (χ0) is 21.7. The van der Waals surface area contributed by atoms with Crippen molar-refractivity contribution in [3.63, 3.8) is 0 Å². The van der Waals surface area contributed by atoms with Gasteiger partial charge in [0.25, 0.3) is 0 Å². The third-order valence-corrected chi connectivity index (χ3v) is 5.06. The second-order valence-electron chi connectivity index (χ2n) is 6.10. The van der Waals surface area contributed by atoms with E-state index in [2.05, 4.69) is 39.8 Å². The molecule has 2 N–H and O–H groups in total. The zero-order valence-electron chi connectivity index (χ0n) is 16.4. The van der Waals surface area contributed by atoms with Gasteiger partial charge in [0, 0.05) is 0 Å². The fourth-order valence-electron chi connectivity index (χ4n) is 2.95. The molecule has 0 radical (unpaired) electrons. The van der Waals surface area contributed by atoms with Crippen LogP contribution in [-0.4, -0.2) is 23.5 Å². The van der Waals surface area contributed by atoms with Crippen LogP contribution in [0.5, 0.6) is 11.5 Å². The molecule has 0 aliphatic heterocycles. The fourth-order valence-corrected chi connectivity index (χ4v) is 3.79. The van der Waals surface area contributed by atoms with Crippen LogP contribution in [0.15, 0.2) is 42.5 Å². The van der Waals surface area contributed by atoms with Crippen molar-refractivity contribution in [2.24, 2.45) is 0 Å². The Kier molecular flexibility index (Phi) is 6.60. The summed E-state index contributed by atoms with van der Waals surface area (Å²) in [6.07, 6.45) is 1.65. The van der Waals surface area contributed by atoms with E-state index < -0.39 is 0 Å². The quantitative estimate of drug-likeness (QED) is 0.388. The molecule has 7 nitrogen and oxygen atoms in total. The summed E-state index contributed by atoms with van der Waals surface area (Å²) in [6.45, 7) is 2.36. The van der Waals surface area contributed by atoms with Crippen LogP contribution in [0.4, 0.5) is 5.82 Å². The lowest BCUT2D eigenvalue weighted by atomic mass is 10.1. The van der Waals surface area contributed by atoms with Gasteiger partial charge in [0.05, 0.1) is 28.5 Å². The van der Waals surface area contributed by atoms with Gasteiger partial charge in [0.2, 0.25) is 0 Å². The summed E-state index contributed by atoms with van der Waals surface area (Å²) >= 11 is 2.15. The number of benzene rings is 2. The standard InChI is InChI=1S/C22H18IN5O2/c1-3-30-19-11-14(10-18(23)21(19)29-2)9-15(12-24)20-17(13-25)22(26)28(27-20)16-7-5-4-6-8-16/h4-11H,3,26H2,1-2H3. The number of ether oxygens (including phenoxy) is 2. The molecule has 3 rings (SSSR count). The highest BCUT2D eigenvalue weighted by molar-refractivity contribution is 14.1. The largest absolute Gasteiger partial charge is 0.492 e. The molecular formula is C22H18IN5O2. The summed E-state index contributed by atoms with van der Waals surface area (Å²) in [5.74, 6) is 1.38.